The van der Waals surface area contributed by atoms with E-state index in [2.05, 4.69) is 16.5 Å². The number of nitrogens with one attached hydrogen (secondary N) is 1. The zero-order valence-electron chi connectivity index (χ0n) is 15.2. The van der Waals surface area contributed by atoms with Gasteiger partial charge in [0.2, 0.25) is 5.91 Å². The average molecular weight is 378 g/mol. The maximum atomic E-state index is 12.7. The Morgan fingerprint density at radius 1 is 1.33 bits per heavy atom. The van der Waals surface area contributed by atoms with Crippen molar-refractivity contribution in [1.29, 1.82) is 5.26 Å². The Hall–Kier alpha value is -2.82. The maximum absolute atomic E-state index is 12.7. The van der Waals surface area contributed by atoms with Crippen molar-refractivity contribution in [2.24, 2.45) is 0 Å². The first-order valence-corrected chi connectivity index (χ1v) is 8.55. The molecule has 0 bridgehead atoms. The number of benzene rings is 1. The van der Waals surface area contributed by atoms with Crippen molar-refractivity contribution in [2.45, 2.75) is 52.4 Å². The fourth-order valence-electron chi connectivity index (χ4n) is 2.85. The van der Waals surface area contributed by atoms with Gasteiger partial charge in [-0.2, -0.15) is 23.5 Å². The molecule has 1 amide bonds. The number of nitriles is 1. The van der Waals surface area contributed by atoms with E-state index in [4.69, 9.17) is 5.26 Å². The van der Waals surface area contributed by atoms with E-state index in [0.717, 1.165) is 29.1 Å². The van der Waals surface area contributed by atoms with Gasteiger partial charge in [-0.3, -0.25) is 9.48 Å². The summed E-state index contributed by atoms with van der Waals surface area (Å²) >= 11 is 0. The van der Waals surface area contributed by atoms with E-state index >= 15 is 0 Å². The van der Waals surface area contributed by atoms with E-state index in [0.29, 0.717) is 24.9 Å². The van der Waals surface area contributed by atoms with Gasteiger partial charge < -0.3 is 5.32 Å². The topological polar surface area (TPSA) is 70.7 Å². The van der Waals surface area contributed by atoms with Gasteiger partial charge in [-0.25, -0.2) is 0 Å². The standard InChI is InChI=1S/C19H21F3N4O/c1-13-17(14(2)26(25-13)10-4-9-23)7-8-18(27)24-12-15-5-3-6-16(11-15)19(20,21)22/h3,5-6,11H,4,7-8,10,12H2,1-2H3,(H,24,27). The number of nitrogens with zero attached hydrogens (tertiary/aromatic N) is 3. The van der Waals surface area contributed by atoms with Crippen molar-refractivity contribution < 1.29 is 18.0 Å². The zero-order chi connectivity index (χ0) is 20.0. The normalized spacial score (nSPS) is 11.3. The van der Waals surface area contributed by atoms with Crippen LogP contribution in [-0.2, 0) is 30.5 Å². The van der Waals surface area contributed by atoms with Crippen LogP contribution in [0.1, 0.15) is 40.9 Å². The average Bonchev–Trinajstić information content (AvgIpc) is 2.89. The summed E-state index contributed by atoms with van der Waals surface area (Å²) in [6.45, 7) is 4.30. The summed E-state index contributed by atoms with van der Waals surface area (Å²) in [6.07, 6.45) is -3.34. The molecule has 27 heavy (non-hydrogen) atoms. The van der Waals surface area contributed by atoms with E-state index < -0.39 is 11.7 Å². The third-order valence-electron chi connectivity index (χ3n) is 4.31. The predicted octanol–water partition coefficient (Wildman–Crippen LogP) is 3.68. The molecule has 0 saturated heterocycles. The lowest BCUT2D eigenvalue weighted by molar-refractivity contribution is -0.137. The highest BCUT2D eigenvalue weighted by molar-refractivity contribution is 5.76. The molecule has 0 aliphatic heterocycles. The van der Waals surface area contributed by atoms with E-state index in [1.54, 1.807) is 10.7 Å². The van der Waals surface area contributed by atoms with Gasteiger partial charge in [0.25, 0.3) is 0 Å². The lowest BCUT2D eigenvalue weighted by atomic mass is 10.1. The first kappa shape index (κ1) is 20.5. The van der Waals surface area contributed by atoms with Crippen LogP contribution in [0.5, 0.6) is 0 Å². The van der Waals surface area contributed by atoms with E-state index in [9.17, 15) is 18.0 Å². The van der Waals surface area contributed by atoms with Crippen LogP contribution >= 0.6 is 0 Å². The molecule has 0 spiro atoms. The van der Waals surface area contributed by atoms with Gasteiger partial charge >= 0.3 is 6.18 Å². The van der Waals surface area contributed by atoms with Crippen molar-refractivity contribution >= 4 is 5.91 Å². The van der Waals surface area contributed by atoms with Crippen LogP contribution in [0.15, 0.2) is 24.3 Å². The van der Waals surface area contributed by atoms with Gasteiger partial charge in [-0.15, -0.1) is 0 Å². The molecule has 2 aromatic rings. The molecule has 8 heteroatoms. The number of carbonyl (C=O) groups is 1. The van der Waals surface area contributed by atoms with Crippen molar-refractivity contribution in [2.75, 3.05) is 0 Å². The molecule has 0 radical (unpaired) electrons. The van der Waals surface area contributed by atoms with Crippen LogP contribution in [0.2, 0.25) is 0 Å². The first-order valence-electron chi connectivity index (χ1n) is 8.55. The predicted molar refractivity (Wildman–Crippen MR) is 93.5 cm³/mol. The Balaban J connectivity index is 1.90. The summed E-state index contributed by atoms with van der Waals surface area (Å²) in [5.41, 5.74) is 2.37. The summed E-state index contributed by atoms with van der Waals surface area (Å²) in [4.78, 5) is 12.1. The molecular formula is C19H21F3N4O. The highest BCUT2D eigenvalue weighted by Gasteiger charge is 2.30. The summed E-state index contributed by atoms with van der Waals surface area (Å²) in [6, 6.07) is 6.98. The molecular weight excluding hydrogens is 357 g/mol. The molecule has 0 aliphatic rings. The zero-order valence-corrected chi connectivity index (χ0v) is 15.2. The minimum Gasteiger partial charge on any atom is -0.352 e. The second-order valence-electron chi connectivity index (χ2n) is 6.26. The fraction of sp³-hybridized carbons (Fsp3) is 0.421. The molecule has 2 rings (SSSR count). The highest BCUT2D eigenvalue weighted by Crippen LogP contribution is 2.29. The monoisotopic (exact) mass is 378 g/mol. The van der Waals surface area contributed by atoms with Crippen LogP contribution in [0, 0.1) is 25.2 Å². The van der Waals surface area contributed by atoms with Gasteiger partial charge in [0.05, 0.1) is 30.3 Å². The number of aromatic nitrogens is 2. The second kappa shape index (κ2) is 8.71. The van der Waals surface area contributed by atoms with Crippen molar-refractivity contribution in [3.63, 3.8) is 0 Å². The first-order chi connectivity index (χ1) is 12.7. The molecule has 0 saturated carbocycles. The number of halogens is 3. The Labute approximate surface area is 155 Å². The summed E-state index contributed by atoms with van der Waals surface area (Å²) < 4.78 is 39.9. The van der Waals surface area contributed by atoms with Gasteiger partial charge in [-0.05, 0) is 43.5 Å². The molecule has 0 fully saturated rings. The number of hydrogen-bond donors (Lipinski definition) is 1. The van der Waals surface area contributed by atoms with Gasteiger partial charge in [0.15, 0.2) is 0 Å². The van der Waals surface area contributed by atoms with Gasteiger partial charge in [-0.1, -0.05) is 12.1 Å². The molecule has 0 atom stereocenters. The SMILES string of the molecule is Cc1nn(CCC#N)c(C)c1CCC(=O)NCc1cccc(C(F)(F)F)c1. The number of aryl methyl sites for hydroxylation is 2. The largest absolute Gasteiger partial charge is 0.416 e. The molecule has 1 aromatic carbocycles. The molecule has 1 N–H and O–H groups in total. The van der Waals surface area contributed by atoms with Crippen LogP contribution < -0.4 is 5.32 Å². The van der Waals surface area contributed by atoms with Crippen LogP contribution in [0.25, 0.3) is 0 Å². The quantitative estimate of drug-likeness (QED) is 0.799. The second-order valence-corrected chi connectivity index (χ2v) is 6.26. The van der Waals surface area contributed by atoms with E-state index in [1.165, 1.54) is 6.07 Å². The van der Waals surface area contributed by atoms with Crippen molar-refractivity contribution in [3.8, 4) is 6.07 Å². The summed E-state index contributed by atoms with van der Waals surface area (Å²) in [5, 5.41) is 15.7. The van der Waals surface area contributed by atoms with Crippen LogP contribution in [-0.4, -0.2) is 15.7 Å². The Kier molecular flexibility index (Phi) is 6.61. The molecule has 1 heterocycles. The lowest BCUT2D eigenvalue weighted by Crippen LogP contribution is -2.23. The molecule has 0 aliphatic carbocycles. The van der Waals surface area contributed by atoms with Crippen molar-refractivity contribution in [1.82, 2.24) is 15.1 Å². The minimum atomic E-state index is -4.40. The minimum absolute atomic E-state index is 0.0438. The molecule has 0 unspecified atom stereocenters. The Morgan fingerprint density at radius 3 is 2.74 bits per heavy atom. The van der Waals surface area contributed by atoms with Crippen LogP contribution in [0.4, 0.5) is 13.2 Å². The molecule has 1 aromatic heterocycles. The Morgan fingerprint density at radius 2 is 2.07 bits per heavy atom. The third-order valence-corrected chi connectivity index (χ3v) is 4.31. The van der Waals surface area contributed by atoms with Crippen molar-refractivity contribution in [3.05, 3.63) is 52.3 Å². The maximum Gasteiger partial charge on any atom is 0.416 e. The lowest BCUT2D eigenvalue weighted by Gasteiger charge is -2.10. The smallest absolute Gasteiger partial charge is 0.352 e. The number of alkyl halides is 3. The van der Waals surface area contributed by atoms with Gasteiger partial charge in [0.1, 0.15) is 0 Å². The van der Waals surface area contributed by atoms with E-state index in [-0.39, 0.29) is 18.9 Å². The number of carbonyl (C=O) groups excluding carboxylic acids is 1. The Bertz CT molecular complexity index is 850. The number of hydrogen-bond acceptors (Lipinski definition) is 3. The molecule has 144 valence electrons. The third kappa shape index (κ3) is 5.58. The fourth-order valence-corrected chi connectivity index (χ4v) is 2.85. The van der Waals surface area contributed by atoms with E-state index in [1.807, 2.05) is 13.8 Å². The highest BCUT2D eigenvalue weighted by atomic mass is 19.4. The molecule has 5 nitrogen and oxygen atoms in total. The number of amides is 1. The summed E-state index contributed by atoms with van der Waals surface area (Å²) in [5.74, 6) is -0.240. The van der Waals surface area contributed by atoms with Gasteiger partial charge in [0, 0.05) is 18.7 Å². The number of rotatable bonds is 7. The summed E-state index contributed by atoms with van der Waals surface area (Å²) in [7, 11) is 0. The van der Waals surface area contributed by atoms with Crippen LogP contribution in [0.3, 0.4) is 0 Å².